The van der Waals surface area contributed by atoms with E-state index in [1.807, 2.05) is 6.92 Å². The van der Waals surface area contributed by atoms with Crippen molar-refractivity contribution in [3.05, 3.63) is 0 Å². The predicted octanol–water partition coefficient (Wildman–Crippen LogP) is 2.92. The minimum absolute atomic E-state index is 0.617. The zero-order chi connectivity index (χ0) is 11.0. The van der Waals surface area contributed by atoms with Gasteiger partial charge in [0, 0.05) is 25.6 Å². The minimum Gasteiger partial charge on any atom is -0.324 e. The maximum atomic E-state index is 11.8. The molecule has 0 saturated carbocycles. The highest BCUT2D eigenvalue weighted by Crippen LogP contribution is 2.58. The van der Waals surface area contributed by atoms with Crippen LogP contribution in [-0.4, -0.2) is 43.6 Å². The fraction of sp³-hybridized carbons (Fsp3) is 1.00. The van der Waals surface area contributed by atoms with Gasteiger partial charge in [-0.25, -0.2) is 0 Å². The van der Waals surface area contributed by atoms with Gasteiger partial charge < -0.3 is 9.42 Å². The third-order valence-electron chi connectivity index (χ3n) is 2.26. The van der Waals surface area contributed by atoms with Crippen molar-refractivity contribution in [2.75, 3.05) is 38.7 Å². The van der Waals surface area contributed by atoms with E-state index in [9.17, 15) is 4.57 Å². The average molecular weight is 239 g/mol. The molecule has 0 bridgehead atoms. The normalized spacial score (nSPS) is 15.8. The summed E-state index contributed by atoms with van der Waals surface area (Å²) in [7, 11) is 1.54. The molecule has 0 aromatic heterocycles. The highest BCUT2D eigenvalue weighted by molar-refractivity contribution is 8.56. The minimum atomic E-state index is -2.37. The van der Waals surface area contributed by atoms with E-state index in [1.54, 1.807) is 0 Å². The second-order valence-corrected chi connectivity index (χ2v) is 8.30. The fourth-order valence-electron chi connectivity index (χ4n) is 1.12. The molecule has 0 spiro atoms. The van der Waals surface area contributed by atoms with Crippen molar-refractivity contribution < 1.29 is 9.09 Å². The molecule has 0 aromatic rings. The first-order chi connectivity index (χ1) is 6.61. The molecule has 0 heterocycles. The van der Waals surface area contributed by atoms with Crippen molar-refractivity contribution in [2.24, 2.45) is 0 Å². The summed E-state index contributed by atoms with van der Waals surface area (Å²) in [5.41, 5.74) is 0. The third-order valence-corrected chi connectivity index (χ3v) is 7.29. The molecule has 0 rings (SSSR count). The van der Waals surface area contributed by atoms with E-state index in [0.717, 1.165) is 25.4 Å². The third kappa shape index (κ3) is 5.40. The second-order valence-electron chi connectivity index (χ2n) is 2.97. The van der Waals surface area contributed by atoms with Crippen LogP contribution in [0.1, 0.15) is 20.8 Å². The molecule has 5 heteroatoms. The molecule has 0 amide bonds. The Morgan fingerprint density at radius 1 is 1.29 bits per heavy atom. The SMILES string of the molecule is CCN(CC)CCSP(=O)(CC)OC. The number of hydrogen-bond acceptors (Lipinski definition) is 4. The van der Waals surface area contributed by atoms with Crippen LogP contribution in [0.3, 0.4) is 0 Å². The van der Waals surface area contributed by atoms with Crippen LogP contribution in [0.2, 0.25) is 0 Å². The van der Waals surface area contributed by atoms with Gasteiger partial charge in [-0.3, -0.25) is 4.57 Å². The first-order valence-corrected chi connectivity index (χ1v) is 8.53. The van der Waals surface area contributed by atoms with Gasteiger partial charge >= 0.3 is 0 Å². The van der Waals surface area contributed by atoms with Gasteiger partial charge in [-0.05, 0) is 13.1 Å². The Hall–Kier alpha value is 0.500. The van der Waals surface area contributed by atoms with Crippen LogP contribution in [0.25, 0.3) is 0 Å². The lowest BCUT2D eigenvalue weighted by Crippen LogP contribution is -2.25. The molecule has 0 aliphatic heterocycles. The topological polar surface area (TPSA) is 29.5 Å². The lowest BCUT2D eigenvalue weighted by molar-refractivity contribution is 0.324. The Kier molecular flexibility index (Phi) is 8.02. The van der Waals surface area contributed by atoms with Crippen molar-refractivity contribution in [2.45, 2.75) is 20.8 Å². The van der Waals surface area contributed by atoms with Gasteiger partial charge in [0.25, 0.3) is 6.57 Å². The summed E-state index contributed by atoms with van der Waals surface area (Å²) in [5, 5.41) is 0. The van der Waals surface area contributed by atoms with E-state index in [1.165, 1.54) is 18.5 Å². The largest absolute Gasteiger partial charge is 0.324 e. The van der Waals surface area contributed by atoms with Crippen molar-refractivity contribution in [3.63, 3.8) is 0 Å². The second kappa shape index (κ2) is 7.75. The average Bonchev–Trinajstić information content (AvgIpc) is 2.24. The van der Waals surface area contributed by atoms with Gasteiger partial charge in [0.15, 0.2) is 0 Å². The summed E-state index contributed by atoms with van der Waals surface area (Å²) in [6.07, 6.45) is 0.617. The molecule has 0 aromatic carbocycles. The lowest BCUT2D eigenvalue weighted by atomic mass is 10.5. The molecule has 0 radical (unpaired) electrons. The fourth-order valence-corrected chi connectivity index (χ4v) is 4.23. The molecule has 0 N–H and O–H groups in total. The van der Waals surface area contributed by atoms with Gasteiger partial charge in [-0.1, -0.05) is 32.2 Å². The number of nitrogens with zero attached hydrogens (tertiary/aromatic N) is 1. The molecule has 0 saturated heterocycles. The summed E-state index contributed by atoms with van der Waals surface area (Å²) in [4.78, 5) is 2.32. The highest BCUT2D eigenvalue weighted by atomic mass is 32.7. The van der Waals surface area contributed by atoms with Crippen molar-refractivity contribution >= 4 is 18.0 Å². The number of rotatable bonds is 8. The molecule has 3 nitrogen and oxygen atoms in total. The van der Waals surface area contributed by atoms with Crippen LogP contribution < -0.4 is 0 Å². The van der Waals surface area contributed by atoms with Gasteiger partial charge in [0.05, 0.1) is 0 Å². The molecule has 14 heavy (non-hydrogen) atoms. The summed E-state index contributed by atoms with van der Waals surface area (Å²) >= 11 is 1.47. The Balaban J connectivity index is 3.76. The first-order valence-electron chi connectivity index (χ1n) is 5.13. The summed E-state index contributed by atoms with van der Waals surface area (Å²) in [6, 6.07) is 0. The zero-order valence-corrected chi connectivity index (χ0v) is 11.4. The Bertz CT molecular complexity index is 178. The number of hydrogen-bond donors (Lipinski definition) is 0. The molecule has 0 aliphatic rings. The van der Waals surface area contributed by atoms with Gasteiger partial charge in [0.1, 0.15) is 0 Å². The van der Waals surface area contributed by atoms with E-state index < -0.39 is 6.57 Å². The summed E-state index contributed by atoms with van der Waals surface area (Å²) in [6.45, 7) is 6.93. The van der Waals surface area contributed by atoms with E-state index in [-0.39, 0.29) is 0 Å². The van der Waals surface area contributed by atoms with Crippen LogP contribution >= 0.6 is 18.0 Å². The zero-order valence-electron chi connectivity index (χ0n) is 9.65. The van der Waals surface area contributed by atoms with Crippen molar-refractivity contribution in [1.82, 2.24) is 4.90 Å². The monoisotopic (exact) mass is 239 g/mol. The van der Waals surface area contributed by atoms with Crippen LogP contribution in [0.5, 0.6) is 0 Å². The molecular weight excluding hydrogens is 217 g/mol. The van der Waals surface area contributed by atoms with Crippen LogP contribution in [0.4, 0.5) is 0 Å². The molecule has 0 fully saturated rings. The van der Waals surface area contributed by atoms with Gasteiger partial charge in [-0.2, -0.15) is 0 Å². The van der Waals surface area contributed by atoms with Crippen molar-refractivity contribution in [1.29, 1.82) is 0 Å². The van der Waals surface area contributed by atoms with E-state index in [2.05, 4.69) is 18.7 Å². The summed E-state index contributed by atoms with van der Waals surface area (Å²) < 4.78 is 16.9. The van der Waals surface area contributed by atoms with Crippen LogP contribution in [0.15, 0.2) is 0 Å². The highest BCUT2D eigenvalue weighted by Gasteiger charge is 2.19. The molecule has 86 valence electrons. The quantitative estimate of drug-likeness (QED) is 0.609. The van der Waals surface area contributed by atoms with Gasteiger partial charge in [0.2, 0.25) is 0 Å². The Labute approximate surface area is 91.8 Å². The summed E-state index contributed by atoms with van der Waals surface area (Å²) in [5.74, 6) is 0.890. The molecule has 0 aliphatic carbocycles. The van der Waals surface area contributed by atoms with E-state index in [4.69, 9.17) is 4.52 Å². The maximum absolute atomic E-state index is 11.8. The van der Waals surface area contributed by atoms with Crippen LogP contribution in [0, 0.1) is 0 Å². The van der Waals surface area contributed by atoms with Gasteiger partial charge in [-0.15, -0.1) is 0 Å². The Morgan fingerprint density at radius 2 is 1.86 bits per heavy atom. The smallest absolute Gasteiger partial charge is 0.257 e. The lowest BCUT2D eigenvalue weighted by Gasteiger charge is -2.19. The Morgan fingerprint density at radius 3 is 2.21 bits per heavy atom. The van der Waals surface area contributed by atoms with Crippen LogP contribution in [-0.2, 0) is 9.09 Å². The van der Waals surface area contributed by atoms with Crippen molar-refractivity contribution in [3.8, 4) is 0 Å². The maximum Gasteiger partial charge on any atom is 0.257 e. The first kappa shape index (κ1) is 14.5. The van der Waals surface area contributed by atoms with E-state index in [0.29, 0.717) is 6.16 Å². The standard InChI is InChI=1S/C9H22NO2PS/c1-5-10(6-2)8-9-14-13(11,7-3)12-4/h5-9H2,1-4H3. The molecule has 1 atom stereocenters. The molecular formula is C9H22NO2PS. The van der Waals surface area contributed by atoms with E-state index >= 15 is 0 Å². The predicted molar refractivity (Wildman–Crippen MR) is 65.4 cm³/mol. The molecule has 1 unspecified atom stereocenters.